The number of nitrogens with two attached hydrogens (primary N) is 1. The van der Waals surface area contributed by atoms with E-state index in [4.69, 9.17) is 15.7 Å². The third-order valence-electron chi connectivity index (χ3n) is 2.46. The van der Waals surface area contributed by atoms with Crippen molar-refractivity contribution in [2.75, 3.05) is 0 Å². The molecule has 5 nitrogen and oxygen atoms in total. The molecule has 94 valence electrons. The minimum absolute atomic E-state index is 0.0103. The first kappa shape index (κ1) is 12.2. The highest BCUT2D eigenvalue weighted by Gasteiger charge is 2.14. The lowest BCUT2D eigenvalue weighted by atomic mass is 10.1. The smallest absolute Gasteiger partial charge is 0.175 e. The van der Waals surface area contributed by atoms with Crippen LogP contribution in [0.3, 0.4) is 0 Å². The minimum Gasteiger partial charge on any atom is -0.489 e. The van der Waals surface area contributed by atoms with Crippen LogP contribution >= 0.6 is 0 Å². The zero-order chi connectivity index (χ0) is 13.1. The average molecular weight is 245 g/mol. The maximum Gasteiger partial charge on any atom is 0.175 e. The lowest BCUT2D eigenvalue weighted by Gasteiger charge is -2.15. The topological polar surface area (TPSA) is 80.7 Å². The number of fused-ring (bicyclic) bond motifs is 1. The van der Waals surface area contributed by atoms with E-state index in [1.165, 1.54) is 0 Å². The van der Waals surface area contributed by atoms with Gasteiger partial charge in [-0.2, -0.15) is 0 Å². The van der Waals surface area contributed by atoms with Gasteiger partial charge in [-0.1, -0.05) is 17.3 Å². The van der Waals surface area contributed by atoms with Crippen LogP contribution in [0.4, 0.5) is 0 Å². The van der Waals surface area contributed by atoms with E-state index >= 15 is 0 Å². The molecular formula is C13H15N3O2. The molecule has 0 fully saturated rings. The van der Waals surface area contributed by atoms with E-state index in [0.29, 0.717) is 11.3 Å². The third-order valence-corrected chi connectivity index (χ3v) is 2.46. The van der Waals surface area contributed by atoms with Crippen LogP contribution in [0.2, 0.25) is 0 Å². The number of aromatic nitrogens is 1. The Morgan fingerprint density at radius 1 is 1.39 bits per heavy atom. The van der Waals surface area contributed by atoms with Crippen LogP contribution in [0.15, 0.2) is 35.6 Å². The molecular weight excluding hydrogens is 230 g/mol. The Hall–Kier alpha value is -2.30. The molecule has 0 radical (unpaired) electrons. The highest BCUT2D eigenvalue weighted by Crippen LogP contribution is 2.29. The van der Waals surface area contributed by atoms with Gasteiger partial charge in [0.15, 0.2) is 5.84 Å². The van der Waals surface area contributed by atoms with E-state index in [1.807, 2.05) is 38.1 Å². The Morgan fingerprint density at radius 3 is 2.78 bits per heavy atom. The number of hydrogen-bond acceptors (Lipinski definition) is 4. The molecule has 1 aromatic heterocycles. The van der Waals surface area contributed by atoms with Crippen LogP contribution in [0.5, 0.6) is 5.75 Å². The van der Waals surface area contributed by atoms with E-state index in [2.05, 4.69) is 10.1 Å². The van der Waals surface area contributed by atoms with Crippen molar-refractivity contribution in [3.05, 3.63) is 36.0 Å². The first-order valence-electron chi connectivity index (χ1n) is 5.65. The van der Waals surface area contributed by atoms with Gasteiger partial charge in [0.25, 0.3) is 0 Å². The Kier molecular flexibility index (Phi) is 3.32. The second kappa shape index (κ2) is 4.91. The van der Waals surface area contributed by atoms with Crippen molar-refractivity contribution in [1.29, 1.82) is 0 Å². The van der Waals surface area contributed by atoms with Crippen molar-refractivity contribution in [3.8, 4) is 5.75 Å². The van der Waals surface area contributed by atoms with Gasteiger partial charge in [-0.15, -0.1) is 0 Å². The van der Waals surface area contributed by atoms with Crippen LogP contribution in [0.1, 0.15) is 19.4 Å². The molecule has 0 spiro atoms. The summed E-state index contributed by atoms with van der Waals surface area (Å²) >= 11 is 0. The van der Waals surface area contributed by atoms with Gasteiger partial charge < -0.3 is 15.7 Å². The number of pyridine rings is 1. The molecule has 3 N–H and O–H groups in total. The molecule has 0 amide bonds. The van der Waals surface area contributed by atoms with Gasteiger partial charge in [0, 0.05) is 11.6 Å². The third kappa shape index (κ3) is 2.20. The molecule has 2 rings (SSSR count). The van der Waals surface area contributed by atoms with Crippen molar-refractivity contribution in [2.45, 2.75) is 20.0 Å². The molecule has 0 saturated heterocycles. The normalized spacial score (nSPS) is 12.1. The number of oxime groups is 1. The summed E-state index contributed by atoms with van der Waals surface area (Å²) in [5.41, 5.74) is 6.94. The molecule has 0 unspecified atom stereocenters. The quantitative estimate of drug-likeness (QED) is 0.375. The molecule has 0 aliphatic heterocycles. The van der Waals surface area contributed by atoms with Crippen molar-refractivity contribution in [3.63, 3.8) is 0 Å². The van der Waals surface area contributed by atoms with Gasteiger partial charge in [-0.3, -0.25) is 4.98 Å². The average Bonchev–Trinajstić information content (AvgIpc) is 2.37. The van der Waals surface area contributed by atoms with Crippen LogP contribution in [-0.2, 0) is 0 Å². The molecule has 0 saturated carbocycles. The largest absolute Gasteiger partial charge is 0.489 e. The van der Waals surface area contributed by atoms with Crippen LogP contribution < -0.4 is 10.5 Å². The zero-order valence-electron chi connectivity index (χ0n) is 10.3. The number of nitrogens with zero attached hydrogens (tertiary/aromatic N) is 2. The van der Waals surface area contributed by atoms with Crippen LogP contribution in [0.25, 0.3) is 10.9 Å². The molecule has 1 heterocycles. The van der Waals surface area contributed by atoms with E-state index in [-0.39, 0.29) is 11.9 Å². The number of rotatable bonds is 3. The first-order chi connectivity index (χ1) is 8.63. The predicted molar refractivity (Wildman–Crippen MR) is 70.0 cm³/mol. The summed E-state index contributed by atoms with van der Waals surface area (Å²) in [6, 6.07) is 7.58. The standard InChI is InChI=1S/C13H15N3O2/c1-8(2)18-12-9-5-3-4-6-11(9)15-7-10(12)13(14)16-17/h3-8,17H,1-2H3,(H2,14,16). The number of amidine groups is 1. The summed E-state index contributed by atoms with van der Waals surface area (Å²) in [6.45, 7) is 3.84. The van der Waals surface area contributed by atoms with Gasteiger partial charge in [0.1, 0.15) is 5.75 Å². The van der Waals surface area contributed by atoms with Crippen molar-refractivity contribution >= 4 is 16.7 Å². The fraction of sp³-hybridized carbons (Fsp3) is 0.231. The van der Waals surface area contributed by atoms with E-state index in [0.717, 1.165) is 10.9 Å². The maximum absolute atomic E-state index is 8.80. The van der Waals surface area contributed by atoms with Crippen molar-refractivity contribution < 1.29 is 9.94 Å². The number of benzene rings is 1. The second-order valence-corrected chi connectivity index (χ2v) is 4.17. The fourth-order valence-corrected chi connectivity index (χ4v) is 1.72. The highest BCUT2D eigenvalue weighted by atomic mass is 16.5. The van der Waals surface area contributed by atoms with E-state index in [1.54, 1.807) is 6.20 Å². The van der Waals surface area contributed by atoms with Crippen LogP contribution in [0, 0.1) is 0 Å². The minimum atomic E-state index is -0.0129. The molecule has 0 atom stereocenters. The molecule has 0 aliphatic carbocycles. The van der Waals surface area contributed by atoms with Crippen molar-refractivity contribution in [2.24, 2.45) is 10.9 Å². The Bertz CT molecular complexity index is 594. The predicted octanol–water partition coefficient (Wildman–Crippen LogP) is 2.12. The van der Waals surface area contributed by atoms with Gasteiger partial charge in [-0.25, -0.2) is 0 Å². The summed E-state index contributed by atoms with van der Waals surface area (Å²) in [6.07, 6.45) is 1.54. The Morgan fingerprint density at radius 2 is 2.11 bits per heavy atom. The number of hydrogen-bond donors (Lipinski definition) is 2. The number of ether oxygens (including phenoxy) is 1. The maximum atomic E-state index is 8.80. The van der Waals surface area contributed by atoms with E-state index in [9.17, 15) is 0 Å². The molecule has 0 bridgehead atoms. The fourth-order valence-electron chi connectivity index (χ4n) is 1.72. The Labute approximate surface area is 105 Å². The summed E-state index contributed by atoms with van der Waals surface area (Å²) in [7, 11) is 0. The monoisotopic (exact) mass is 245 g/mol. The lowest BCUT2D eigenvalue weighted by Crippen LogP contribution is -2.17. The molecule has 18 heavy (non-hydrogen) atoms. The van der Waals surface area contributed by atoms with Gasteiger partial charge in [0.2, 0.25) is 0 Å². The summed E-state index contributed by atoms with van der Waals surface area (Å²) < 4.78 is 5.77. The van der Waals surface area contributed by atoms with Crippen LogP contribution in [-0.4, -0.2) is 22.1 Å². The first-order valence-corrected chi connectivity index (χ1v) is 5.65. The van der Waals surface area contributed by atoms with Crippen molar-refractivity contribution in [1.82, 2.24) is 4.98 Å². The molecule has 2 aromatic rings. The summed E-state index contributed by atoms with van der Waals surface area (Å²) in [4.78, 5) is 4.27. The van der Waals surface area contributed by atoms with Gasteiger partial charge in [0.05, 0.1) is 17.2 Å². The second-order valence-electron chi connectivity index (χ2n) is 4.17. The molecule has 1 aromatic carbocycles. The Balaban J connectivity index is 2.70. The summed E-state index contributed by atoms with van der Waals surface area (Å²) in [5, 5.41) is 12.6. The van der Waals surface area contributed by atoms with E-state index < -0.39 is 0 Å². The molecule has 0 aliphatic rings. The molecule has 5 heteroatoms. The highest BCUT2D eigenvalue weighted by molar-refractivity contribution is 6.04. The lowest BCUT2D eigenvalue weighted by molar-refractivity contribution is 0.244. The summed E-state index contributed by atoms with van der Waals surface area (Å²) in [5.74, 6) is 0.579. The van der Waals surface area contributed by atoms with Gasteiger partial charge in [-0.05, 0) is 26.0 Å². The zero-order valence-corrected chi connectivity index (χ0v) is 10.3. The SMILES string of the molecule is CC(C)Oc1c(/C(N)=N/O)cnc2ccccc12. The number of para-hydroxylation sites is 1. The van der Waals surface area contributed by atoms with Gasteiger partial charge >= 0.3 is 0 Å².